The summed E-state index contributed by atoms with van der Waals surface area (Å²) >= 11 is 16.4. The van der Waals surface area contributed by atoms with E-state index in [2.05, 4.69) is 17.5 Å². The van der Waals surface area contributed by atoms with Gasteiger partial charge in [0.15, 0.2) is 0 Å². The molecule has 0 spiro atoms. The average molecular weight is 482 g/mol. The summed E-state index contributed by atoms with van der Waals surface area (Å²) in [6.07, 6.45) is 1.63. The van der Waals surface area contributed by atoms with Crippen LogP contribution in [0.1, 0.15) is 39.3 Å². The van der Waals surface area contributed by atoms with E-state index in [-0.39, 0.29) is 16.3 Å². The lowest BCUT2D eigenvalue weighted by Crippen LogP contribution is -2.52. The van der Waals surface area contributed by atoms with Gasteiger partial charge in [-0.2, -0.15) is 0 Å². The Morgan fingerprint density at radius 2 is 1.68 bits per heavy atom. The molecule has 0 saturated heterocycles. The second kappa shape index (κ2) is 11.3. The quantitative estimate of drug-likeness (QED) is 0.312. The Bertz CT molecular complexity index is 901. The highest BCUT2D eigenvalue weighted by Gasteiger charge is 2.54. The molecule has 0 radical (unpaired) electrons. The number of para-hydroxylation sites is 1. The summed E-state index contributed by atoms with van der Waals surface area (Å²) in [5, 5.41) is 10.6. The van der Waals surface area contributed by atoms with Gasteiger partial charge in [0.2, 0.25) is 0 Å². The number of carboxylic acid groups (broad SMARTS) is 1. The lowest BCUT2D eigenvalue weighted by molar-refractivity contribution is -0.159. The summed E-state index contributed by atoms with van der Waals surface area (Å²) < 4.78 is 8.98. The lowest BCUT2D eigenvalue weighted by atomic mass is 9.58. The second-order valence-electron chi connectivity index (χ2n) is 8.17. The fourth-order valence-corrected chi connectivity index (χ4v) is 4.91. The van der Waals surface area contributed by atoms with Gasteiger partial charge in [0, 0.05) is 0 Å². The molecule has 2 aromatic rings. The average Bonchev–Trinajstić information content (AvgIpc) is 2.70. The molecule has 3 unspecified atom stereocenters. The van der Waals surface area contributed by atoms with E-state index >= 15 is 0 Å². The summed E-state index contributed by atoms with van der Waals surface area (Å²) in [6.45, 7) is 7.70. The number of benzene rings is 2. The minimum atomic E-state index is -1.28. The SMILES string of the molecule is CC(C)C(C=C(Cl)Cl)C(C(=O)O)(C(C)C)C(NS)c1cccc(Oc2ccccc2)c1. The normalized spacial score (nSPS) is 15.3. The van der Waals surface area contributed by atoms with Crippen LogP contribution in [0.25, 0.3) is 0 Å². The van der Waals surface area contributed by atoms with Crippen molar-refractivity contribution in [2.45, 2.75) is 33.7 Å². The van der Waals surface area contributed by atoms with E-state index in [0.717, 1.165) is 5.56 Å². The molecule has 2 aromatic carbocycles. The van der Waals surface area contributed by atoms with Crippen LogP contribution in [-0.2, 0) is 4.79 Å². The Labute approximate surface area is 200 Å². The van der Waals surface area contributed by atoms with Gasteiger partial charge in [0.05, 0.1) is 11.5 Å². The van der Waals surface area contributed by atoms with Crippen LogP contribution in [0, 0.1) is 23.2 Å². The number of aliphatic carboxylic acids is 1. The van der Waals surface area contributed by atoms with E-state index in [0.29, 0.717) is 11.5 Å². The van der Waals surface area contributed by atoms with Gasteiger partial charge in [-0.1, -0.05) is 94.0 Å². The zero-order chi connectivity index (χ0) is 23.2. The van der Waals surface area contributed by atoms with E-state index in [4.69, 9.17) is 27.9 Å². The molecule has 4 nitrogen and oxygen atoms in total. The predicted octanol–water partition coefficient (Wildman–Crippen LogP) is 7.27. The van der Waals surface area contributed by atoms with Crippen molar-refractivity contribution >= 4 is 42.0 Å². The first-order valence-corrected chi connectivity index (χ1v) is 11.3. The molecule has 2 N–H and O–H groups in total. The molecule has 0 aliphatic rings. The molecule has 168 valence electrons. The molecular formula is C24H29Cl2NO3S. The van der Waals surface area contributed by atoms with Crippen LogP contribution in [0.3, 0.4) is 0 Å². The molecule has 0 heterocycles. The highest BCUT2D eigenvalue weighted by atomic mass is 35.5. The highest BCUT2D eigenvalue weighted by molar-refractivity contribution is 7.78. The van der Waals surface area contributed by atoms with Gasteiger partial charge in [0.1, 0.15) is 16.0 Å². The standard InChI is InChI=1S/C24H29Cl2NO3S/c1-15(2)20(14-21(25)26)24(16(3)4,23(28)29)22(27-31)17-9-8-12-19(13-17)30-18-10-6-5-7-11-18/h5-16,20,22,27,31H,1-4H3,(H,28,29). The first kappa shape index (κ1) is 25.6. The van der Waals surface area contributed by atoms with Crippen molar-refractivity contribution in [1.82, 2.24) is 4.72 Å². The van der Waals surface area contributed by atoms with E-state index in [1.807, 2.05) is 82.3 Å². The number of ether oxygens (including phenoxy) is 1. The van der Waals surface area contributed by atoms with Gasteiger partial charge in [-0.25, -0.2) is 0 Å². The van der Waals surface area contributed by atoms with Crippen LogP contribution in [0.5, 0.6) is 11.5 Å². The van der Waals surface area contributed by atoms with Crippen LogP contribution in [-0.4, -0.2) is 11.1 Å². The number of carboxylic acids is 1. The maximum Gasteiger partial charge on any atom is 0.312 e. The molecule has 0 amide bonds. The summed E-state index contributed by atoms with van der Waals surface area (Å²) in [6, 6.07) is 16.1. The van der Waals surface area contributed by atoms with Gasteiger partial charge in [-0.3, -0.25) is 9.52 Å². The molecule has 7 heteroatoms. The third-order valence-electron chi connectivity index (χ3n) is 5.68. The minimum absolute atomic E-state index is 0.0427. The molecule has 2 rings (SSSR count). The minimum Gasteiger partial charge on any atom is -0.481 e. The fraction of sp³-hybridized carbons (Fsp3) is 0.375. The zero-order valence-electron chi connectivity index (χ0n) is 18.0. The molecule has 0 aromatic heterocycles. The summed E-state index contributed by atoms with van der Waals surface area (Å²) in [5.74, 6) is -0.428. The molecule has 0 saturated carbocycles. The number of rotatable bonds is 10. The molecule has 0 aliphatic carbocycles. The maximum absolute atomic E-state index is 12.9. The maximum atomic E-state index is 12.9. The summed E-state index contributed by atoms with van der Waals surface area (Å²) in [5.41, 5.74) is -0.541. The van der Waals surface area contributed by atoms with Crippen LogP contribution in [0.4, 0.5) is 0 Å². The smallest absolute Gasteiger partial charge is 0.312 e. The monoisotopic (exact) mass is 481 g/mol. The highest BCUT2D eigenvalue weighted by Crippen LogP contribution is 2.51. The Hall–Kier alpha value is -1.66. The summed E-state index contributed by atoms with van der Waals surface area (Å²) in [7, 11) is 0. The van der Waals surface area contributed by atoms with Crippen molar-refractivity contribution in [1.29, 1.82) is 0 Å². The Kier molecular flexibility index (Phi) is 9.31. The number of carbonyl (C=O) groups is 1. The zero-order valence-corrected chi connectivity index (χ0v) is 20.5. The van der Waals surface area contributed by atoms with Gasteiger partial charge >= 0.3 is 5.97 Å². The number of nitrogens with one attached hydrogen (secondary N) is 1. The van der Waals surface area contributed by atoms with E-state index in [1.54, 1.807) is 6.08 Å². The number of hydrogen-bond acceptors (Lipinski definition) is 4. The van der Waals surface area contributed by atoms with Gasteiger partial charge in [-0.05, 0) is 53.7 Å². The van der Waals surface area contributed by atoms with Crippen LogP contribution < -0.4 is 9.46 Å². The third-order valence-corrected chi connectivity index (χ3v) is 6.19. The molecule has 0 bridgehead atoms. The van der Waals surface area contributed by atoms with Crippen molar-refractivity contribution in [3.8, 4) is 11.5 Å². The fourth-order valence-electron chi connectivity index (χ4n) is 4.28. The number of thiol groups is 1. The van der Waals surface area contributed by atoms with Crippen LogP contribution in [0.2, 0.25) is 0 Å². The van der Waals surface area contributed by atoms with Gasteiger partial charge in [-0.15, -0.1) is 0 Å². The molecule has 0 fully saturated rings. The van der Waals surface area contributed by atoms with Crippen LogP contribution >= 0.6 is 36.0 Å². The van der Waals surface area contributed by atoms with Crippen LogP contribution in [0.15, 0.2) is 65.2 Å². The molecule has 3 atom stereocenters. The molecule has 31 heavy (non-hydrogen) atoms. The lowest BCUT2D eigenvalue weighted by Gasteiger charge is -2.46. The van der Waals surface area contributed by atoms with Crippen molar-refractivity contribution < 1.29 is 14.6 Å². The van der Waals surface area contributed by atoms with Crippen molar-refractivity contribution in [3.05, 3.63) is 70.7 Å². The van der Waals surface area contributed by atoms with Crippen molar-refractivity contribution in [2.24, 2.45) is 23.2 Å². The van der Waals surface area contributed by atoms with Crippen molar-refractivity contribution in [2.75, 3.05) is 0 Å². The molecular weight excluding hydrogens is 453 g/mol. The largest absolute Gasteiger partial charge is 0.481 e. The third kappa shape index (κ3) is 5.78. The number of halogens is 2. The number of hydrogen-bond donors (Lipinski definition) is 3. The second-order valence-corrected chi connectivity index (χ2v) is 9.43. The molecule has 0 aliphatic heterocycles. The predicted molar refractivity (Wildman–Crippen MR) is 131 cm³/mol. The van der Waals surface area contributed by atoms with E-state index in [1.165, 1.54) is 0 Å². The summed E-state index contributed by atoms with van der Waals surface area (Å²) in [4.78, 5) is 12.9. The van der Waals surface area contributed by atoms with Gasteiger partial charge in [0.25, 0.3) is 0 Å². The van der Waals surface area contributed by atoms with Crippen molar-refractivity contribution in [3.63, 3.8) is 0 Å². The van der Waals surface area contributed by atoms with Gasteiger partial charge < -0.3 is 9.84 Å². The Balaban J connectivity index is 2.63. The van der Waals surface area contributed by atoms with E-state index in [9.17, 15) is 9.90 Å². The Morgan fingerprint density at radius 3 is 2.16 bits per heavy atom. The first-order chi connectivity index (χ1) is 14.6. The van der Waals surface area contributed by atoms with E-state index < -0.39 is 23.3 Å². The topological polar surface area (TPSA) is 58.6 Å². The first-order valence-electron chi connectivity index (χ1n) is 10.1. The Morgan fingerprint density at radius 1 is 1.06 bits per heavy atom. The number of allylic oxidation sites excluding steroid dienone is 1.